The predicted octanol–water partition coefficient (Wildman–Crippen LogP) is 5.32. The van der Waals surface area contributed by atoms with Gasteiger partial charge in [0.05, 0.1) is 16.6 Å². The van der Waals surface area contributed by atoms with E-state index in [1.54, 1.807) is 6.92 Å². The van der Waals surface area contributed by atoms with E-state index >= 15 is 0 Å². The summed E-state index contributed by atoms with van der Waals surface area (Å²) >= 11 is 1.10. The van der Waals surface area contributed by atoms with Crippen molar-refractivity contribution in [1.29, 1.82) is 0 Å². The van der Waals surface area contributed by atoms with E-state index in [1.165, 1.54) is 4.90 Å². The fraction of sp³-hybridized carbons (Fsp3) is 0.185. The normalized spacial score (nSPS) is 17.1. The van der Waals surface area contributed by atoms with Crippen LogP contribution in [0.25, 0.3) is 0 Å². The van der Waals surface area contributed by atoms with Gasteiger partial charge in [0.1, 0.15) is 23.5 Å². The molecule has 3 aromatic carbocycles. The molecular formula is C27H22F2N4O2S. The number of amides is 2. The number of hydrogen-bond acceptors (Lipinski definition) is 5. The molecule has 2 aliphatic heterocycles. The third kappa shape index (κ3) is 4.66. The van der Waals surface area contributed by atoms with Gasteiger partial charge in [-0.2, -0.15) is 0 Å². The summed E-state index contributed by atoms with van der Waals surface area (Å²) in [5, 5.41) is 2.08. The van der Waals surface area contributed by atoms with Crippen LogP contribution in [0, 0.1) is 11.6 Å². The first kappa shape index (κ1) is 23.9. The lowest BCUT2D eigenvalue weighted by Gasteiger charge is -2.27. The van der Waals surface area contributed by atoms with Gasteiger partial charge in [-0.15, -0.1) is 0 Å². The van der Waals surface area contributed by atoms with Gasteiger partial charge in [0.15, 0.2) is 5.17 Å². The molecule has 2 heterocycles. The number of aliphatic imine (C=N–C) groups is 2. The van der Waals surface area contributed by atoms with Crippen LogP contribution in [0.1, 0.15) is 24.5 Å². The van der Waals surface area contributed by atoms with E-state index < -0.39 is 28.8 Å². The van der Waals surface area contributed by atoms with Gasteiger partial charge in [-0.25, -0.2) is 18.7 Å². The van der Waals surface area contributed by atoms with E-state index in [0.717, 1.165) is 41.1 Å². The van der Waals surface area contributed by atoms with Crippen molar-refractivity contribution in [3.63, 3.8) is 0 Å². The first-order chi connectivity index (χ1) is 17.4. The molecule has 0 aromatic heterocycles. The second kappa shape index (κ2) is 10.0. The molecule has 0 bridgehead atoms. The van der Waals surface area contributed by atoms with Crippen molar-refractivity contribution < 1.29 is 18.4 Å². The number of nitrogens with one attached hydrogen (secondary N) is 1. The maximum Gasteiger partial charge on any atom is 0.259 e. The van der Waals surface area contributed by atoms with Gasteiger partial charge in [-0.3, -0.25) is 14.6 Å². The van der Waals surface area contributed by atoms with Crippen LogP contribution < -0.4 is 5.32 Å². The zero-order valence-electron chi connectivity index (χ0n) is 19.3. The minimum Gasteiger partial charge on any atom is -0.323 e. The number of anilines is 1. The lowest BCUT2D eigenvalue weighted by molar-refractivity contribution is -0.124. The van der Waals surface area contributed by atoms with Gasteiger partial charge < -0.3 is 5.32 Å². The van der Waals surface area contributed by atoms with Crippen LogP contribution in [0.2, 0.25) is 0 Å². The highest BCUT2D eigenvalue weighted by Crippen LogP contribution is 2.36. The van der Waals surface area contributed by atoms with E-state index in [2.05, 4.69) is 10.3 Å². The van der Waals surface area contributed by atoms with Crippen molar-refractivity contribution in [1.82, 2.24) is 4.90 Å². The molecule has 182 valence electrons. The Bertz CT molecular complexity index is 1390. The number of thioether (sulfide) groups is 1. The number of amidine groups is 2. The third-order valence-corrected chi connectivity index (χ3v) is 7.23. The first-order valence-electron chi connectivity index (χ1n) is 11.5. The molecule has 0 unspecified atom stereocenters. The summed E-state index contributed by atoms with van der Waals surface area (Å²) in [4.78, 5) is 37.4. The average molecular weight is 505 g/mol. The minimum atomic E-state index is -0.735. The van der Waals surface area contributed by atoms with Crippen molar-refractivity contribution in [3.8, 4) is 0 Å². The first-order valence-corrected chi connectivity index (χ1v) is 12.4. The second-order valence-electron chi connectivity index (χ2n) is 8.37. The average Bonchev–Trinajstić information content (AvgIpc) is 3.21. The van der Waals surface area contributed by atoms with E-state index in [-0.39, 0.29) is 11.6 Å². The third-order valence-electron chi connectivity index (χ3n) is 5.92. The van der Waals surface area contributed by atoms with Gasteiger partial charge >= 0.3 is 0 Å². The molecule has 2 amide bonds. The van der Waals surface area contributed by atoms with E-state index in [1.807, 2.05) is 54.6 Å². The smallest absolute Gasteiger partial charge is 0.259 e. The molecule has 0 spiro atoms. The van der Waals surface area contributed by atoms with Gasteiger partial charge in [0.25, 0.3) is 5.91 Å². The Labute approximate surface area is 211 Å². The summed E-state index contributed by atoms with van der Waals surface area (Å²) in [5.74, 6) is -1.63. The van der Waals surface area contributed by atoms with Gasteiger partial charge in [0, 0.05) is 18.1 Å². The largest absolute Gasteiger partial charge is 0.323 e. The molecule has 9 heteroatoms. The molecule has 36 heavy (non-hydrogen) atoms. The van der Waals surface area contributed by atoms with E-state index in [0.29, 0.717) is 29.5 Å². The minimum absolute atomic E-state index is 0.221. The zero-order chi connectivity index (χ0) is 25.2. The SMILES string of the molecule is CC[C@@H](SC1=Nc2ccccc2C2=N[C@@H](Cc3ccccc3)C(=O)N12)C(=O)Nc1cc(F)ccc1F. The second-order valence-corrected chi connectivity index (χ2v) is 9.54. The molecule has 0 aliphatic carbocycles. The van der Waals surface area contributed by atoms with E-state index in [9.17, 15) is 18.4 Å². The van der Waals surface area contributed by atoms with Crippen LogP contribution in [0.3, 0.4) is 0 Å². The lowest BCUT2D eigenvalue weighted by atomic mass is 10.1. The predicted molar refractivity (Wildman–Crippen MR) is 138 cm³/mol. The van der Waals surface area contributed by atoms with Crippen LogP contribution >= 0.6 is 11.8 Å². The van der Waals surface area contributed by atoms with Crippen molar-refractivity contribution in [3.05, 3.63) is 95.6 Å². The summed E-state index contributed by atoms with van der Waals surface area (Å²) in [6.45, 7) is 1.80. The molecule has 0 saturated carbocycles. The molecule has 5 rings (SSSR count). The molecule has 3 aromatic rings. The maximum absolute atomic E-state index is 14.1. The molecule has 1 N–H and O–H groups in total. The zero-order valence-corrected chi connectivity index (χ0v) is 20.1. The Balaban J connectivity index is 1.43. The van der Waals surface area contributed by atoms with Crippen LogP contribution in [-0.4, -0.2) is 39.0 Å². The summed E-state index contributed by atoms with van der Waals surface area (Å²) in [6, 6.07) is 19.3. The van der Waals surface area contributed by atoms with Gasteiger partial charge in [0.2, 0.25) is 5.91 Å². The summed E-state index contributed by atoms with van der Waals surface area (Å²) < 4.78 is 27.7. The number of fused-ring (bicyclic) bond motifs is 3. The highest BCUT2D eigenvalue weighted by molar-refractivity contribution is 8.15. The number of nitrogens with zero attached hydrogens (tertiary/aromatic N) is 3. The Kier molecular flexibility index (Phi) is 6.65. The highest BCUT2D eigenvalue weighted by atomic mass is 32.2. The Morgan fingerprint density at radius 2 is 1.83 bits per heavy atom. The summed E-state index contributed by atoms with van der Waals surface area (Å²) in [5.41, 5.74) is 2.14. The standard InChI is InChI=1S/C27H22F2N4O2S/c1-2-23(25(34)31-21-15-17(28)12-13-19(21)29)36-27-32-20-11-7-6-10-18(20)24-30-22(26(35)33(24)27)14-16-8-4-3-5-9-16/h3-13,15,22-23H,2,14H2,1H3,(H,31,34)/t22-,23+/m0/s1. The van der Waals surface area contributed by atoms with Crippen LogP contribution in [0.15, 0.2) is 82.8 Å². The number of benzene rings is 3. The number of carbonyl (C=O) groups is 2. The van der Waals surface area contributed by atoms with Crippen molar-refractivity contribution in [2.24, 2.45) is 9.98 Å². The Morgan fingerprint density at radius 3 is 2.61 bits per heavy atom. The number of rotatable bonds is 6. The molecular weight excluding hydrogens is 482 g/mol. The lowest BCUT2D eigenvalue weighted by Crippen LogP contribution is -2.42. The highest BCUT2D eigenvalue weighted by Gasteiger charge is 2.42. The topological polar surface area (TPSA) is 74.1 Å². The quantitative estimate of drug-likeness (QED) is 0.494. The van der Waals surface area contributed by atoms with Gasteiger partial charge in [-0.1, -0.05) is 61.2 Å². The fourth-order valence-electron chi connectivity index (χ4n) is 4.11. The summed E-state index contributed by atoms with van der Waals surface area (Å²) in [6.07, 6.45) is 0.812. The molecule has 6 nitrogen and oxygen atoms in total. The Morgan fingerprint density at radius 1 is 1.08 bits per heavy atom. The number of hydrogen-bond donors (Lipinski definition) is 1. The molecule has 0 fully saturated rings. The molecule has 2 atom stereocenters. The van der Waals surface area contributed by atoms with Crippen LogP contribution in [0.5, 0.6) is 0 Å². The summed E-state index contributed by atoms with van der Waals surface area (Å²) in [7, 11) is 0. The maximum atomic E-state index is 14.1. The number of carbonyl (C=O) groups excluding carboxylic acids is 2. The van der Waals surface area contributed by atoms with Crippen LogP contribution in [0.4, 0.5) is 20.2 Å². The Hall–Kier alpha value is -3.85. The molecule has 0 radical (unpaired) electrons. The van der Waals surface area contributed by atoms with Gasteiger partial charge in [-0.05, 0) is 36.2 Å². The van der Waals surface area contributed by atoms with Crippen LogP contribution in [-0.2, 0) is 16.0 Å². The van der Waals surface area contributed by atoms with Crippen molar-refractivity contribution >= 4 is 46.0 Å². The number of para-hydroxylation sites is 1. The molecule has 0 saturated heterocycles. The van der Waals surface area contributed by atoms with Crippen molar-refractivity contribution in [2.45, 2.75) is 31.1 Å². The molecule has 2 aliphatic rings. The monoisotopic (exact) mass is 504 g/mol. The number of halogens is 2. The fourth-order valence-corrected chi connectivity index (χ4v) is 5.13. The van der Waals surface area contributed by atoms with E-state index in [4.69, 9.17) is 4.99 Å². The van der Waals surface area contributed by atoms with Crippen molar-refractivity contribution in [2.75, 3.05) is 5.32 Å².